The van der Waals surface area contributed by atoms with Gasteiger partial charge in [-0.05, 0) is 122 Å². The normalized spacial score (nSPS) is 41.8. The number of carbonyl (C=O) groups is 1. The van der Waals surface area contributed by atoms with Gasteiger partial charge in [-0.3, -0.25) is 4.79 Å². The molecule has 206 valence electrons. The molecule has 0 aromatic heterocycles. The Morgan fingerprint density at radius 3 is 2.59 bits per heavy atom. The van der Waals surface area contributed by atoms with Gasteiger partial charge in [0.25, 0.3) is 5.91 Å². The van der Waals surface area contributed by atoms with E-state index in [1.54, 1.807) is 6.07 Å². The lowest BCUT2D eigenvalue weighted by Gasteiger charge is -2.62. The van der Waals surface area contributed by atoms with E-state index in [4.69, 9.17) is 0 Å². The molecule has 0 radical (unpaired) electrons. The standard InChI is InChI=1S/C32H49NO4/c1-20(7-6-16-34)26-12-13-27-25-11-10-22-17-23(33-30(37)24-9-5-4-8-21(24)19-35)14-15-31(22,2)28(25)18-29(36)32(26,27)3/h4-5,8-9,20,22-23,25-29,34-36H,6-7,10-19H2,1-3H3,(H,33,37)/t20-,22-,23+,25?,26-,27?,28?,29+,31+,32-/m1/s1. The monoisotopic (exact) mass is 511 g/mol. The third-order valence-electron chi connectivity index (χ3n) is 12.1. The van der Waals surface area contributed by atoms with Gasteiger partial charge in [0.05, 0.1) is 12.7 Å². The van der Waals surface area contributed by atoms with Gasteiger partial charge in [-0.2, -0.15) is 0 Å². The van der Waals surface area contributed by atoms with Crippen molar-refractivity contribution in [3.8, 4) is 0 Å². The molecule has 4 aliphatic carbocycles. The van der Waals surface area contributed by atoms with Crippen LogP contribution in [0.5, 0.6) is 0 Å². The Morgan fingerprint density at radius 1 is 1.05 bits per heavy atom. The van der Waals surface area contributed by atoms with Gasteiger partial charge >= 0.3 is 0 Å². The number of hydrogen-bond donors (Lipinski definition) is 4. The van der Waals surface area contributed by atoms with Crippen LogP contribution in [0.1, 0.15) is 101 Å². The average molecular weight is 512 g/mol. The van der Waals surface area contributed by atoms with Crippen molar-refractivity contribution in [1.29, 1.82) is 0 Å². The highest BCUT2D eigenvalue weighted by atomic mass is 16.3. The molecule has 4 saturated carbocycles. The van der Waals surface area contributed by atoms with Crippen LogP contribution in [0.15, 0.2) is 24.3 Å². The molecule has 5 rings (SSSR count). The number of aliphatic hydroxyl groups excluding tert-OH is 3. The Balaban J connectivity index is 1.28. The predicted octanol–water partition coefficient (Wildman–Crippen LogP) is 5.32. The molecule has 0 saturated heterocycles. The molecule has 0 heterocycles. The van der Waals surface area contributed by atoms with Gasteiger partial charge in [0, 0.05) is 18.2 Å². The fourth-order valence-corrected chi connectivity index (χ4v) is 10.1. The summed E-state index contributed by atoms with van der Waals surface area (Å²) in [5.74, 6) is 3.49. The van der Waals surface area contributed by atoms with E-state index in [1.165, 1.54) is 25.7 Å². The zero-order valence-electron chi connectivity index (χ0n) is 23.2. The lowest BCUT2D eigenvalue weighted by Crippen LogP contribution is -2.59. The molecule has 4 aliphatic rings. The molecule has 1 aromatic carbocycles. The Bertz CT molecular complexity index is 966. The van der Waals surface area contributed by atoms with Crippen molar-refractivity contribution in [2.45, 2.75) is 104 Å². The molecule has 37 heavy (non-hydrogen) atoms. The molecule has 0 aliphatic heterocycles. The van der Waals surface area contributed by atoms with E-state index in [0.29, 0.717) is 46.6 Å². The van der Waals surface area contributed by atoms with Crippen LogP contribution >= 0.6 is 0 Å². The zero-order valence-corrected chi connectivity index (χ0v) is 23.2. The summed E-state index contributed by atoms with van der Waals surface area (Å²) < 4.78 is 0. The van der Waals surface area contributed by atoms with E-state index in [1.807, 2.05) is 18.2 Å². The molecule has 4 fully saturated rings. The minimum atomic E-state index is -0.245. The van der Waals surface area contributed by atoms with Crippen LogP contribution in [0.25, 0.3) is 0 Å². The molecule has 1 aromatic rings. The predicted molar refractivity (Wildman–Crippen MR) is 146 cm³/mol. The molecule has 10 atom stereocenters. The second kappa shape index (κ2) is 10.6. The maximum absolute atomic E-state index is 13.0. The van der Waals surface area contributed by atoms with E-state index in [2.05, 4.69) is 26.1 Å². The Labute approximate surface area is 223 Å². The van der Waals surface area contributed by atoms with E-state index in [0.717, 1.165) is 38.5 Å². The van der Waals surface area contributed by atoms with Crippen molar-refractivity contribution in [1.82, 2.24) is 5.32 Å². The lowest BCUT2D eigenvalue weighted by molar-refractivity contribution is -0.169. The van der Waals surface area contributed by atoms with Gasteiger partial charge in [0.1, 0.15) is 0 Å². The van der Waals surface area contributed by atoms with Gasteiger partial charge < -0.3 is 20.6 Å². The van der Waals surface area contributed by atoms with Gasteiger partial charge in [-0.25, -0.2) is 0 Å². The summed E-state index contributed by atoms with van der Waals surface area (Å²) in [5, 5.41) is 34.1. The molecule has 3 unspecified atom stereocenters. The van der Waals surface area contributed by atoms with Crippen LogP contribution in [0.4, 0.5) is 0 Å². The summed E-state index contributed by atoms with van der Waals surface area (Å²) in [7, 11) is 0. The van der Waals surface area contributed by atoms with Crippen LogP contribution in [0.2, 0.25) is 0 Å². The minimum absolute atomic E-state index is 0.00447. The number of nitrogens with one attached hydrogen (secondary N) is 1. The molecular weight excluding hydrogens is 462 g/mol. The fourth-order valence-electron chi connectivity index (χ4n) is 10.1. The van der Waals surface area contributed by atoms with Crippen molar-refractivity contribution in [2.75, 3.05) is 6.61 Å². The molecule has 5 heteroatoms. The van der Waals surface area contributed by atoms with Crippen molar-refractivity contribution < 1.29 is 20.1 Å². The first kappa shape index (κ1) is 27.1. The lowest BCUT2D eigenvalue weighted by atomic mass is 9.43. The van der Waals surface area contributed by atoms with Crippen molar-refractivity contribution in [3.63, 3.8) is 0 Å². The molecule has 0 spiro atoms. The van der Waals surface area contributed by atoms with Crippen LogP contribution in [-0.4, -0.2) is 40.0 Å². The molecule has 1 amide bonds. The maximum Gasteiger partial charge on any atom is 0.251 e. The molecular formula is C32H49NO4. The summed E-state index contributed by atoms with van der Waals surface area (Å²) in [4.78, 5) is 13.0. The zero-order chi connectivity index (χ0) is 26.4. The summed E-state index contributed by atoms with van der Waals surface area (Å²) in [6, 6.07) is 7.52. The van der Waals surface area contributed by atoms with Crippen LogP contribution in [-0.2, 0) is 6.61 Å². The minimum Gasteiger partial charge on any atom is -0.396 e. The average Bonchev–Trinajstić information content (AvgIpc) is 3.26. The third-order valence-corrected chi connectivity index (χ3v) is 12.1. The van der Waals surface area contributed by atoms with Gasteiger partial charge in [-0.15, -0.1) is 0 Å². The van der Waals surface area contributed by atoms with Crippen molar-refractivity contribution >= 4 is 5.91 Å². The van der Waals surface area contributed by atoms with Crippen LogP contribution < -0.4 is 5.32 Å². The molecule has 4 N–H and O–H groups in total. The van der Waals surface area contributed by atoms with Crippen LogP contribution in [0, 0.1) is 46.3 Å². The number of amides is 1. The van der Waals surface area contributed by atoms with Crippen molar-refractivity contribution in [2.24, 2.45) is 46.3 Å². The first-order valence-corrected chi connectivity index (χ1v) is 15.0. The first-order valence-electron chi connectivity index (χ1n) is 15.0. The largest absolute Gasteiger partial charge is 0.396 e. The molecule has 0 bridgehead atoms. The van der Waals surface area contributed by atoms with Gasteiger partial charge in [-0.1, -0.05) is 39.0 Å². The number of rotatable bonds is 7. The highest BCUT2D eigenvalue weighted by Gasteiger charge is 2.63. The number of hydrogen-bond acceptors (Lipinski definition) is 4. The summed E-state index contributed by atoms with van der Waals surface area (Å²) >= 11 is 0. The van der Waals surface area contributed by atoms with E-state index >= 15 is 0 Å². The van der Waals surface area contributed by atoms with Gasteiger partial charge in [0.2, 0.25) is 0 Å². The van der Waals surface area contributed by atoms with Crippen LogP contribution in [0.3, 0.4) is 0 Å². The number of aliphatic hydroxyl groups is 3. The maximum atomic E-state index is 13.0. The van der Waals surface area contributed by atoms with E-state index in [9.17, 15) is 20.1 Å². The second-order valence-electron chi connectivity index (χ2n) is 13.6. The topological polar surface area (TPSA) is 89.8 Å². The quantitative estimate of drug-likeness (QED) is 0.399. The number of benzene rings is 1. The van der Waals surface area contributed by atoms with E-state index in [-0.39, 0.29) is 42.1 Å². The van der Waals surface area contributed by atoms with E-state index < -0.39 is 0 Å². The summed E-state index contributed by atoms with van der Waals surface area (Å²) in [5.41, 5.74) is 1.50. The molecule has 5 nitrogen and oxygen atoms in total. The number of fused-ring (bicyclic) bond motifs is 5. The first-order chi connectivity index (χ1) is 17.7. The van der Waals surface area contributed by atoms with Crippen molar-refractivity contribution in [3.05, 3.63) is 35.4 Å². The highest BCUT2D eigenvalue weighted by molar-refractivity contribution is 5.95. The Hall–Kier alpha value is -1.43. The van der Waals surface area contributed by atoms with Gasteiger partial charge in [0.15, 0.2) is 0 Å². The second-order valence-corrected chi connectivity index (χ2v) is 13.6. The SMILES string of the molecule is C[C@H](CCCO)[C@H]1CCC2C3CC[C@@H]4C[C@@H](NC(=O)c5ccccc5CO)CC[C@]4(C)C3C[C@H](O)[C@@]21C. The smallest absolute Gasteiger partial charge is 0.251 e. The number of carbonyl (C=O) groups excluding carboxylic acids is 1. The third kappa shape index (κ3) is 4.57. The summed E-state index contributed by atoms with van der Waals surface area (Å²) in [6.07, 6.45) is 10.7. The highest BCUT2D eigenvalue weighted by Crippen LogP contribution is 2.68. The Kier molecular flexibility index (Phi) is 7.79. The fraction of sp³-hybridized carbons (Fsp3) is 0.781. The Morgan fingerprint density at radius 2 is 1.84 bits per heavy atom. The summed E-state index contributed by atoms with van der Waals surface area (Å²) in [6.45, 7) is 7.39.